The first kappa shape index (κ1) is 18.5. The highest BCUT2D eigenvalue weighted by atomic mass is 35.5. The second-order valence-corrected chi connectivity index (χ2v) is 5.94. The lowest BCUT2D eigenvalue weighted by Crippen LogP contribution is -2.30. The summed E-state index contributed by atoms with van der Waals surface area (Å²) in [5.74, 6) is -0.406. The van der Waals surface area contributed by atoms with Gasteiger partial charge < -0.3 is 19.5 Å². The molecule has 1 amide bonds. The van der Waals surface area contributed by atoms with E-state index in [1.54, 1.807) is 18.2 Å². The van der Waals surface area contributed by atoms with Gasteiger partial charge in [-0.3, -0.25) is 14.9 Å². The Balaban J connectivity index is 1.65. The molecule has 1 aliphatic heterocycles. The Morgan fingerprint density at radius 2 is 1.96 bits per heavy atom. The number of ether oxygens (including phenoxy) is 3. The highest BCUT2D eigenvalue weighted by molar-refractivity contribution is 6.32. The summed E-state index contributed by atoms with van der Waals surface area (Å²) in [6, 6.07) is 8.32. The van der Waals surface area contributed by atoms with Crippen molar-refractivity contribution < 1.29 is 28.7 Å². The number of benzene rings is 2. The van der Waals surface area contributed by atoms with Gasteiger partial charge in [0, 0.05) is 17.8 Å². The van der Waals surface area contributed by atoms with Crippen molar-refractivity contribution >= 4 is 34.9 Å². The molecule has 1 atom stereocenters. The number of hydrogen-bond donors (Lipinski definition) is 1. The first-order valence-electron chi connectivity index (χ1n) is 7.70. The summed E-state index contributed by atoms with van der Waals surface area (Å²) in [7, 11) is 0. The van der Waals surface area contributed by atoms with E-state index in [1.165, 1.54) is 19.1 Å². The van der Waals surface area contributed by atoms with Crippen LogP contribution in [0.4, 0.5) is 11.4 Å². The summed E-state index contributed by atoms with van der Waals surface area (Å²) in [5, 5.41) is 13.4. The third-order valence-electron chi connectivity index (χ3n) is 3.67. The molecule has 0 saturated heterocycles. The van der Waals surface area contributed by atoms with Crippen LogP contribution in [0, 0.1) is 10.1 Å². The molecular formula is C17H13ClN2O7. The van der Waals surface area contributed by atoms with Crippen LogP contribution in [0.3, 0.4) is 0 Å². The summed E-state index contributed by atoms with van der Waals surface area (Å²) in [6.45, 7) is 1.48. The minimum Gasteiger partial charge on any atom is -0.454 e. The number of nitrogens with one attached hydrogen (secondary N) is 1. The SMILES string of the molecule is CC(OC(=O)c1ccc(Cl)c([N+](=O)[O-])c1)C(=O)Nc1ccc2c(c1)OCO2. The molecule has 0 aliphatic carbocycles. The standard InChI is InChI=1S/C17H13ClN2O7/c1-9(16(21)19-11-3-5-14-15(7-11)26-8-25-14)27-17(22)10-2-4-12(18)13(6-10)20(23)24/h2-7,9H,8H2,1H3,(H,19,21). The smallest absolute Gasteiger partial charge is 0.339 e. The fraction of sp³-hybridized carbons (Fsp3) is 0.176. The fourth-order valence-electron chi connectivity index (χ4n) is 2.28. The number of carbonyl (C=O) groups excluding carboxylic acids is 2. The van der Waals surface area contributed by atoms with E-state index in [9.17, 15) is 19.7 Å². The number of nitro benzene ring substituents is 1. The number of amides is 1. The third kappa shape index (κ3) is 4.09. The van der Waals surface area contributed by atoms with E-state index in [-0.39, 0.29) is 17.4 Å². The van der Waals surface area contributed by atoms with Crippen molar-refractivity contribution in [3.8, 4) is 11.5 Å². The molecule has 9 nitrogen and oxygen atoms in total. The Bertz CT molecular complexity index is 931. The molecule has 1 heterocycles. The van der Waals surface area contributed by atoms with Gasteiger partial charge in [0.1, 0.15) is 5.02 Å². The van der Waals surface area contributed by atoms with Gasteiger partial charge in [-0.2, -0.15) is 0 Å². The van der Waals surface area contributed by atoms with Crippen molar-refractivity contribution in [3.05, 3.63) is 57.1 Å². The van der Waals surface area contributed by atoms with Gasteiger partial charge in [-0.05, 0) is 31.2 Å². The van der Waals surface area contributed by atoms with Crippen LogP contribution in [0.2, 0.25) is 5.02 Å². The zero-order valence-electron chi connectivity index (χ0n) is 13.9. The lowest BCUT2D eigenvalue weighted by molar-refractivity contribution is -0.384. The van der Waals surface area contributed by atoms with Gasteiger partial charge in [0.15, 0.2) is 17.6 Å². The maximum atomic E-state index is 12.2. The molecule has 0 radical (unpaired) electrons. The van der Waals surface area contributed by atoms with Crippen molar-refractivity contribution in [3.63, 3.8) is 0 Å². The van der Waals surface area contributed by atoms with Gasteiger partial charge >= 0.3 is 5.97 Å². The van der Waals surface area contributed by atoms with Crippen LogP contribution in [0.25, 0.3) is 0 Å². The zero-order valence-corrected chi connectivity index (χ0v) is 14.7. The van der Waals surface area contributed by atoms with Crippen molar-refractivity contribution in [2.75, 3.05) is 12.1 Å². The normalized spacial score (nSPS) is 13.0. The molecule has 0 aromatic heterocycles. The fourth-order valence-corrected chi connectivity index (χ4v) is 2.47. The molecule has 10 heteroatoms. The molecule has 1 unspecified atom stereocenters. The van der Waals surface area contributed by atoms with Crippen LogP contribution >= 0.6 is 11.6 Å². The Labute approximate surface area is 157 Å². The van der Waals surface area contributed by atoms with E-state index in [1.807, 2.05) is 0 Å². The van der Waals surface area contributed by atoms with Gasteiger partial charge in [-0.1, -0.05) is 11.6 Å². The number of carbonyl (C=O) groups is 2. The zero-order chi connectivity index (χ0) is 19.6. The first-order valence-corrected chi connectivity index (χ1v) is 8.08. The number of esters is 1. The first-order chi connectivity index (χ1) is 12.8. The number of nitro groups is 1. The minimum atomic E-state index is -1.14. The topological polar surface area (TPSA) is 117 Å². The number of fused-ring (bicyclic) bond motifs is 1. The summed E-state index contributed by atoms with van der Waals surface area (Å²) >= 11 is 5.71. The van der Waals surface area contributed by atoms with Crippen molar-refractivity contribution in [2.24, 2.45) is 0 Å². The molecule has 27 heavy (non-hydrogen) atoms. The predicted molar refractivity (Wildman–Crippen MR) is 94.2 cm³/mol. The van der Waals surface area contributed by atoms with Gasteiger partial charge in [0.05, 0.1) is 10.5 Å². The highest BCUT2D eigenvalue weighted by Gasteiger charge is 2.22. The van der Waals surface area contributed by atoms with E-state index in [0.717, 1.165) is 6.07 Å². The van der Waals surface area contributed by atoms with Gasteiger partial charge in [0.2, 0.25) is 6.79 Å². The Kier molecular flexibility index (Phi) is 5.13. The lowest BCUT2D eigenvalue weighted by Gasteiger charge is -2.14. The number of anilines is 1. The van der Waals surface area contributed by atoms with Gasteiger partial charge in [0.25, 0.3) is 11.6 Å². The number of nitrogens with zero attached hydrogens (tertiary/aromatic N) is 1. The van der Waals surface area contributed by atoms with E-state index in [2.05, 4.69) is 5.32 Å². The Hall–Kier alpha value is -3.33. The molecule has 3 rings (SSSR count). The molecule has 1 N–H and O–H groups in total. The van der Waals surface area contributed by atoms with Crippen LogP contribution in [-0.4, -0.2) is 29.7 Å². The Morgan fingerprint density at radius 3 is 2.70 bits per heavy atom. The molecule has 0 fully saturated rings. The predicted octanol–water partition coefficient (Wildman–Crippen LogP) is 3.16. The van der Waals surface area contributed by atoms with Gasteiger partial charge in [-0.25, -0.2) is 4.79 Å². The monoisotopic (exact) mass is 392 g/mol. The minimum absolute atomic E-state index is 0.0890. The van der Waals surface area contributed by atoms with Gasteiger partial charge in [-0.15, -0.1) is 0 Å². The maximum Gasteiger partial charge on any atom is 0.339 e. The number of hydrogen-bond acceptors (Lipinski definition) is 7. The van der Waals surface area contributed by atoms with Crippen molar-refractivity contribution in [1.29, 1.82) is 0 Å². The average molecular weight is 393 g/mol. The van der Waals surface area contributed by atoms with E-state index < -0.39 is 28.6 Å². The van der Waals surface area contributed by atoms with Crippen LogP contribution in [0.1, 0.15) is 17.3 Å². The lowest BCUT2D eigenvalue weighted by atomic mass is 10.2. The number of halogens is 1. The van der Waals surface area contributed by atoms with Crippen LogP contribution < -0.4 is 14.8 Å². The molecule has 0 bridgehead atoms. The third-order valence-corrected chi connectivity index (χ3v) is 3.99. The highest BCUT2D eigenvalue weighted by Crippen LogP contribution is 2.34. The second kappa shape index (κ2) is 7.50. The second-order valence-electron chi connectivity index (χ2n) is 5.53. The molecule has 0 spiro atoms. The molecular weight excluding hydrogens is 380 g/mol. The summed E-state index contributed by atoms with van der Waals surface area (Å²) in [4.78, 5) is 34.5. The quantitative estimate of drug-likeness (QED) is 0.471. The summed E-state index contributed by atoms with van der Waals surface area (Å²) in [6.07, 6.45) is -1.14. The number of rotatable bonds is 5. The Morgan fingerprint density at radius 1 is 1.22 bits per heavy atom. The average Bonchev–Trinajstić information content (AvgIpc) is 3.09. The van der Waals surface area contributed by atoms with Crippen molar-refractivity contribution in [2.45, 2.75) is 13.0 Å². The van der Waals surface area contributed by atoms with Crippen LogP contribution in [0.15, 0.2) is 36.4 Å². The van der Waals surface area contributed by atoms with Crippen LogP contribution in [0.5, 0.6) is 11.5 Å². The molecule has 2 aromatic rings. The van der Waals surface area contributed by atoms with Crippen LogP contribution in [-0.2, 0) is 9.53 Å². The van der Waals surface area contributed by atoms with E-state index >= 15 is 0 Å². The molecule has 0 saturated carbocycles. The molecule has 2 aromatic carbocycles. The van der Waals surface area contributed by atoms with E-state index in [4.69, 9.17) is 25.8 Å². The van der Waals surface area contributed by atoms with E-state index in [0.29, 0.717) is 17.2 Å². The molecule has 140 valence electrons. The largest absolute Gasteiger partial charge is 0.454 e. The summed E-state index contributed by atoms with van der Waals surface area (Å²) < 4.78 is 15.5. The van der Waals surface area contributed by atoms with Crippen molar-refractivity contribution in [1.82, 2.24) is 0 Å². The summed E-state index contributed by atoms with van der Waals surface area (Å²) in [5.41, 5.74) is -0.0771. The maximum absolute atomic E-state index is 12.2. The molecule has 1 aliphatic rings.